The van der Waals surface area contributed by atoms with Crippen LogP contribution in [0.1, 0.15) is 48.8 Å². The van der Waals surface area contributed by atoms with Crippen LogP contribution in [0, 0.1) is 11.8 Å². The molecule has 0 unspecified atom stereocenters. The predicted octanol–water partition coefficient (Wildman–Crippen LogP) is 3.08. The van der Waals surface area contributed by atoms with Gasteiger partial charge in [0.1, 0.15) is 0 Å². The van der Waals surface area contributed by atoms with Crippen LogP contribution < -0.4 is 10.2 Å². The smallest absolute Gasteiger partial charge is 0.303 e. The average molecular weight is 404 g/mol. The van der Waals surface area contributed by atoms with Crippen LogP contribution in [0.15, 0.2) is 48.5 Å². The van der Waals surface area contributed by atoms with E-state index in [1.807, 2.05) is 48.5 Å². The maximum atomic E-state index is 13.0. The Morgan fingerprint density at radius 3 is 2.37 bits per heavy atom. The summed E-state index contributed by atoms with van der Waals surface area (Å²) in [5.74, 6) is 5.23. The van der Waals surface area contributed by atoms with Crippen LogP contribution in [0.2, 0.25) is 0 Å². The normalized spacial score (nSPS) is 11.8. The van der Waals surface area contributed by atoms with Gasteiger partial charge in [-0.25, -0.2) is 0 Å². The highest BCUT2D eigenvalue weighted by Gasteiger charge is 2.20. The zero-order valence-corrected chi connectivity index (χ0v) is 16.7. The van der Waals surface area contributed by atoms with E-state index >= 15 is 0 Å². The highest BCUT2D eigenvalue weighted by molar-refractivity contribution is 5.95. The molecule has 0 radical (unpaired) electrons. The van der Waals surface area contributed by atoms with Crippen LogP contribution in [0.4, 0.5) is 5.69 Å². The molecule has 2 aromatic carbocycles. The third kappa shape index (κ3) is 5.71. The Morgan fingerprint density at radius 1 is 0.900 bits per heavy atom. The van der Waals surface area contributed by atoms with Crippen LogP contribution >= 0.6 is 0 Å². The number of nitrogens with one attached hydrogen (secondary N) is 1. The number of fused-ring (bicyclic) bond motifs is 2. The lowest BCUT2D eigenvalue weighted by atomic mass is 10.0. The third-order valence-electron chi connectivity index (χ3n) is 4.88. The molecule has 1 aliphatic heterocycles. The van der Waals surface area contributed by atoms with E-state index in [-0.39, 0.29) is 37.6 Å². The van der Waals surface area contributed by atoms with Gasteiger partial charge < -0.3 is 15.3 Å². The van der Waals surface area contributed by atoms with Gasteiger partial charge in [0, 0.05) is 36.9 Å². The molecule has 0 aliphatic carbocycles. The summed E-state index contributed by atoms with van der Waals surface area (Å²) in [6.07, 6.45) is 1.47. The highest BCUT2D eigenvalue weighted by atomic mass is 16.4. The van der Waals surface area contributed by atoms with Gasteiger partial charge in [0.25, 0.3) is 0 Å². The molecule has 6 heteroatoms. The first-order chi connectivity index (χ1) is 14.5. The predicted molar refractivity (Wildman–Crippen MR) is 114 cm³/mol. The Labute approximate surface area is 175 Å². The van der Waals surface area contributed by atoms with Crippen molar-refractivity contribution in [2.45, 2.75) is 38.6 Å². The van der Waals surface area contributed by atoms with Crippen molar-refractivity contribution in [2.75, 3.05) is 11.4 Å². The topological polar surface area (TPSA) is 86.7 Å². The summed E-state index contributed by atoms with van der Waals surface area (Å²) in [6, 6.07) is 15.3. The molecule has 6 nitrogen and oxygen atoms in total. The number of rotatable bonds is 8. The fourth-order valence-corrected chi connectivity index (χ4v) is 3.30. The van der Waals surface area contributed by atoms with E-state index in [0.29, 0.717) is 19.4 Å². The maximum absolute atomic E-state index is 13.0. The molecule has 0 aromatic heterocycles. The van der Waals surface area contributed by atoms with E-state index in [1.165, 1.54) is 0 Å². The first kappa shape index (κ1) is 21.1. The summed E-state index contributed by atoms with van der Waals surface area (Å²) in [4.78, 5) is 37.1. The van der Waals surface area contributed by atoms with Crippen LogP contribution in [0.5, 0.6) is 0 Å². The van der Waals surface area contributed by atoms with Gasteiger partial charge in [-0.15, -0.1) is 0 Å². The first-order valence-electron chi connectivity index (χ1n) is 10.0. The SMILES string of the molecule is O=C(O)CCCCC(=O)NCCC(=O)N1Cc2ccccc2C#Cc2ccccc21. The molecule has 0 spiro atoms. The van der Waals surface area contributed by atoms with Crippen LogP contribution in [-0.4, -0.2) is 29.4 Å². The Bertz CT molecular complexity index is 1000. The van der Waals surface area contributed by atoms with Crippen molar-refractivity contribution < 1.29 is 19.5 Å². The molecule has 0 fully saturated rings. The van der Waals surface area contributed by atoms with E-state index < -0.39 is 5.97 Å². The second-order valence-electron chi connectivity index (χ2n) is 7.10. The molecule has 30 heavy (non-hydrogen) atoms. The van der Waals surface area contributed by atoms with Gasteiger partial charge in [-0.2, -0.15) is 0 Å². The Balaban J connectivity index is 1.62. The number of amides is 2. The fourth-order valence-electron chi connectivity index (χ4n) is 3.30. The summed E-state index contributed by atoms with van der Waals surface area (Å²) in [7, 11) is 0. The standard InChI is InChI=1S/C24H24N2O4/c27-22(11-5-6-12-24(29)30)25-16-15-23(28)26-17-20-9-2-1-7-18(20)13-14-19-8-3-4-10-21(19)26/h1-4,7-10H,5-6,11-12,15-17H2,(H,25,27)(H,29,30). The molecule has 3 rings (SSSR count). The largest absolute Gasteiger partial charge is 0.481 e. The molecule has 1 aliphatic rings. The van der Waals surface area contributed by atoms with Gasteiger partial charge in [-0.05, 0) is 36.6 Å². The summed E-state index contributed by atoms with van der Waals surface area (Å²) in [6.45, 7) is 0.659. The molecule has 0 saturated heterocycles. The Kier molecular flexibility index (Phi) is 7.23. The van der Waals surface area contributed by atoms with Gasteiger partial charge in [-0.3, -0.25) is 14.4 Å². The molecule has 2 aromatic rings. The van der Waals surface area contributed by atoms with Crippen molar-refractivity contribution in [3.8, 4) is 11.8 Å². The number of benzene rings is 2. The van der Waals surface area contributed by atoms with Crippen molar-refractivity contribution in [2.24, 2.45) is 0 Å². The Hall–Kier alpha value is -3.59. The van der Waals surface area contributed by atoms with E-state index in [0.717, 1.165) is 22.4 Å². The lowest BCUT2D eigenvalue weighted by Gasteiger charge is -2.26. The number of hydrogen-bond acceptors (Lipinski definition) is 3. The lowest BCUT2D eigenvalue weighted by molar-refractivity contribution is -0.137. The second kappa shape index (κ2) is 10.3. The molecule has 154 valence electrons. The molecule has 2 amide bonds. The minimum absolute atomic E-state index is 0.0600. The number of anilines is 1. The number of carbonyl (C=O) groups is 3. The molecular formula is C24H24N2O4. The number of nitrogens with zero attached hydrogens (tertiary/aromatic N) is 1. The van der Waals surface area contributed by atoms with Crippen LogP contribution in [-0.2, 0) is 20.9 Å². The molecule has 1 heterocycles. The van der Waals surface area contributed by atoms with Gasteiger partial charge in [0.2, 0.25) is 11.8 Å². The zero-order chi connectivity index (χ0) is 21.3. The van der Waals surface area contributed by atoms with E-state index in [9.17, 15) is 14.4 Å². The highest BCUT2D eigenvalue weighted by Crippen LogP contribution is 2.25. The van der Waals surface area contributed by atoms with Gasteiger partial charge >= 0.3 is 5.97 Å². The molecule has 0 bridgehead atoms. The van der Waals surface area contributed by atoms with Crippen molar-refractivity contribution in [1.29, 1.82) is 0 Å². The minimum atomic E-state index is -0.860. The van der Waals surface area contributed by atoms with Crippen LogP contribution in [0.3, 0.4) is 0 Å². The monoisotopic (exact) mass is 404 g/mol. The van der Waals surface area contributed by atoms with Gasteiger partial charge in [-0.1, -0.05) is 42.2 Å². The van der Waals surface area contributed by atoms with E-state index in [1.54, 1.807) is 4.90 Å². The molecular weight excluding hydrogens is 380 g/mol. The number of carbonyl (C=O) groups excluding carboxylic acids is 2. The number of para-hydroxylation sites is 1. The Morgan fingerprint density at radius 2 is 1.57 bits per heavy atom. The number of carboxylic acid groups (broad SMARTS) is 1. The molecule has 0 saturated carbocycles. The third-order valence-corrected chi connectivity index (χ3v) is 4.88. The quantitative estimate of drug-likeness (QED) is 0.523. The molecule has 0 atom stereocenters. The summed E-state index contributed by atoms with van der Waals surface area (Å²) in [5, 5.41) is 11.4. The molecule has 2 N–H and O–H groups in total. The van der Waals surface area contributed by atoms with Crippen LogP contribution in [0.25, 0.3) is 0 Å². The maximum Gasteiger partial charge on any atom is 0.303 e. The summed E-state index contributed by atoms with van der Waals surface area (Å²) >= 11 is 0. The fraction of sp³-hybridized carbons (Fsp3) is 0.292. The number of aliphatic carboxylic acids is 1. The van der Waals surface area contributed by atoms with Crippen molar-refractivity contribution in [3.05, 3.63) is 65.2 Å². The lowest BCUT2D eigenvalue weighted by Crippen LogP contribution is -2.35. The van der Waals surface area contributed by atoms with Gasteiger partial charge in [0.05, 0.1) is 12.2 Å². The second-order valence-corrected chi connectivity index (χ2v) is 7.10. The minimum Gasteiger partial charge on any atom is -0.481 e. The van der Waals surface area contributed by atoms with E-state index in [2.05, 4.69) is 17.2 Å². The average Bonchev–Trinajstić information content (AvgIpc) is 2.72. The van der Waals surface area contributed by atoms with Crippen molar-refractivity contribution in [3.63, 3.8) is 0 Å². The van der Waals surface area contributed by atoms with Crippen molar-refractivity contribution in [1.82, 2.24) is 5.32 Å². The number of carboxylic acids is 1. The van der Waals surface area contributed by atoms with Crippen molar-refractivity contribution >= 4 is 23.5 Å². The zero-order valence-electron chi connectivity index (χ0n) is 16.7. The number of hydrogen-bond donors (Lipinski definition) is 2. The number of unbranched alkanes of at least 4 members (excludes halogenated alkanes) is 1. The van der Waals surface area contributed by atoms with Gasteiger partial charge in [0.15, 0.2) is 0 Å². The summed E-state index contributed by atoms with van der Waals surface area (Å²) in [5.41, 5.74) is 3.45. The summed E-state index contributed by atoms with van der Waals surface area (Å²) < 4.78 is 0. The first-order valence-corrected chi connectivity index (χ1v) is 10.0. The van der Waals surface area contributed by atoms with E-state index in [4.69, 9.17) is 5.11 Å².